The van der Waals surface area contributed by atoms with Crippen molar-refractivity contribution in [3.05, 3.63) is 28.5 Å². The molecule has 2 N–H and O–H groups in total. The summed E-state index contributed by atoms with van der Waals surface area (Å²) in [6.07, 6.45) is 2.65. The number of hydrogen-bond acceptors (Lipinski definition) is 3. The summed E-state index contributed by atoms with van der Waals surface area (Å²) in [6.45, 7) is 0.313. The Morgan fingerprint density at radius 3 is 2.91 bits per heavy atom. The van der Waals surface area contributed by atoms with Crippen molar-refractivity contribution in [2.24, 2.45) is 0 Å². The van der Waals surface area contributed by atoms with Gasteiger partial charge < -0.3 is 10.4 Å². The molecule has 22 heavy (non-hydrogen) atoms. The smallest absolute Gasteiger partial charge is 0.407 e. The molecule has 2 aliphatic rings. The normalized spacial score (nSPS) is 23.8. The summed E-state index contributed by atoms with van der Waals surface area (Å²) < 4.78 is 0. The van der Waals surface area contributed by atoms with E-state index in [1.165, 1.54) is 4.90 Å². The Morgan fingerprint density at radius 1 is 1.41 bits per heavy atom. The number of nitrogens with zero attached hydrogens (tertiary/aromatic N) is 2. The van der Waals surface area contributed by atoms with Crippen LogP contribution in [0.5, 0.6) is 0 Å². The molecule has 1 fully saturated rings. The molecule has 2 atom stereocenters. The summed E-state index contributed by atoms with van der Waals surface area (Å²) in [5.41, 5.74) is 1.81. The van der Waals surface area contributed by atoms with E-state index in [1.54, 1.807) is 6.07 Å². The molecule has 118 valence electrons. The first-order valence-corrected chi connectivity index (χ1v) is 7.86. The summed E-state index contributed by atoms with van der Waals surface area (Å²) in [4.78, 5) is 28.8. The quantitative estimate of drug-likeness (QED) is 0.837. The standard InChI is InChI=1S/C15H18ClN3O3/c16-13-6-5-10-11(18-13)2-1-3-12(10)19(15(21)22)8-9-4-7-14(20)17-9/h5-6,9,12H,1-4,7-8H2,(H,17,20)(H,21,22)/t9-,12-/m0/s1. The van der Waals surface area contributed by atoms with E-state index < -0.39 is 6.09 Å². The Balaban J connectivity index is 1.83. The van der Waals surface area contributed by atoms with Crippen LogP contribution in [0.4, 0.5) is 4.79 Å². The number of aryl methyl sites for hydroxylation is 1. The van der Waals surface area contributed by atoms with Crippen LogP contribution >= 0.6 is 11.6 Å². The summed E-state index contributed by atoms with van der Waals surface area (Å²) in [5.74, 6) is -0.00664. The largest absolute Gasteiger partial charge is 0.465 e. The summed E-state index contributed by atoms with van der Waals surface area (Å²) in [5, 5.41) is 12.9. The topological polar surface area (TPSA) is 82.5 Å². The SMILES string of the molecule is O=C1CC[C@@H](CN(C(=O)O)[C@H]2CCCc3nc(Cl)ccc32)N1. The second kappa shape index (κ2) is 6.12. The zero-order chi connectivity index (χ0) is 15.7. The van der Waals surface area contributed by atoms with Crippen molar-refractivity contribution in [1.82, 2.24) is 15.2 Å². The Morgan fingerprint density at radius 2 is 2.23 bits per heavy atom. The van der Waals surface area contributed by atoms with Crippen molar-refractivity contribution < 1.29 is 14.7 Å². The molecule has 1 aromatic heterocycles. The van der Waals surface area contributed by atoms with Gasteiger partial charge in [-0.1, -0.05) is 17.7 Å². The lowest BCUT2D eigenvalue weighted by Gasteiger charge is -2.35. The first kappa shape index (κ1) is 15.1. The molecule has 7 heteroatoms. The molecule has 1 aromatic rings. The molecule has 2 heterocycles. The molecule has 0 unspecified atom stereocenters. The zero-order valence-corrected chi connectivity index (χ0v) is 12.8. The van der Waals surface area contributed by atoms with Crippen molar-refractivity contribution in [1.29, 1.82) is 0 Å². The zero-order valence-electron chi connectivity index (χ0n) is 12.1. The van der Waals surface area contributed by atoms with E-state index in [4.69, 9.17) is 11.6 Å². The number of carboxylic acid groups (broad SMARTS) is 1. The number of nitrogens with one attached hydrogen (secondary N) is 1. The van der Waals surface area contributed by atoms with Gasteiger partial charge in [0.05, 0.1) is 6.04 Å². The summed E-state index contributed by atoms with van der Waals surface area (Å²) in [7, 11) is 0. The molecule has 0 bridgehead atoms. The van der Waals surface area contributed by atoms with Crippen molar-refractivity contribution in [3.8, 4) is 0 Å². The third-order valence-corrected chi connectivity index (χ3v) is 4.56. The molecule has 0 spiro atoms. The first-order chi connectivity index (χ1) is 10.5. The number of rotatable bonds is 3. The molecule has 0 saturated carbocycles. The van der Waals surface area contributed by atoms with Gasteiger partial charge in [0.15, 0.2) is 0 Å². The van der Waals surface area contributed by atoms with E-state index in [0.717, 1.165) is 30.5 Å². The molecule has 2 amide bonds. The van der Waals surface area contributed by atoms with Crippen molar-refractivity contribution in [2.75, 3.05) is 6.54 Å². The van der Waals surface area contributed by atoms with E-state index in [2.05, 4.69) is 10.3 Å². The van der Waals surface area contributed by atoms with E-state index in [-0.39, 0.29) is 18.0 Å². The molecule has 6 nitrogen and oxygen atoms in total. The van der Waals surface area contributed by atoms with Gasteiger partial charge in [-0.15, -0.1) is 0 Å². The molecular formula is C15H18ClN3O3. The Labute approximate surface area is 133 Å². The van der Waals surface area contributed by atoms with Gasteiger partial charge in [-0.25, -0.2) is 9.78 Å². The Hall–Kier alpha value is -1.82. The van der Waals surface area contributed by atoms with Crippen LogP contribution in [0, 0.1) is 0 Å². The molecular weight excluding hydrogens is 306 g/mol. The predicted octanol–water partition coefficient (Wildman–Crippen LogP) is 2.37. The third kappa shape index (κ3) is 3.02. The Kier molecular flexibility index (Phi) is 4.20. The molecule has 1 aliphatic heterocycles. The first-order valence-electron chi connectivity index (χ1n) is 7.49. The lowest BCUT2D eigenvalue weighted by atomic mass is 9.90. The fraction of sp³-hybridized carbons (Fsp3) is 0.533. The minimum atomic E-state index is -0.964. The van der Waals surface area contributed by atoms with E-state index in [9.17, 15) is 14.7 Å². The average Bonchev–Trinajstić information content (AvgIpc) is 2.89. The maximum atomic E-state index is 11.7. The molecule has 0 radical (unpaired) electrons. The van der Waals surface area contributed by atoms with Gasteiger partial charge in [0.1, 0.15) is 5.15 Å². The van der Waals surface area contributed by atoms with E-state index in [0.29, 0.717) is 24.5 Å². The number of pyridine rings is 1. The lowest BCUT2D eigenvalue weighted by molar-refractivity contribution is -0.119. The highest BCUT2D eigenvalue weighted by Gasteiger charge is 2.33. The lowest BCUT2D eigenvalue weighted by Crippen LogP contribution is -2.44. The Bertz CT molecular complexity index is 608. The van der Waals surface area contributed by atoms with Crippen LogP contribution < -0.4 is 5.32 Å². The fourth-order valence-electron chi connectivity index (χ4n) is 3.32. The highest BCUT2D eigenvalue weighted by atomic mass is 35.5. The van der Waals surface area contributed by atoms with Gasteiger partial charge >= 0.3 is 6.09 Å². The van der Waals surface area contributed by atoms with Crippen LogP contribution in [0.3, 0.4) is 0 Å². The van der Waals surface area contributed by atoms with Crippen molar-refractivity contribution >= 4 is 23.6 Å². The van der Waals surface area contributed by atoms with Gasteiger partial charge in [-0.3, -0.25) is 9.69 Å². The van der Waals surface area contributed by atoms with E-state index in [1.807, 2.05) is 6.07 Å². The number of amides is 2. The molecule has 3 rings (SSSR count). The summed E-state index contributed by atoms with van der Waals surface area (Å²) in [6, 6.07) is 3.26. The third-order valence-electron chi connectivity index (χ3n) is 4.35. The number of aromatic nitrogens is 1. The highest BCUT2D eigenvalue weighted by Crippen LogP contribution is 2.34. The second-order valence-corrected chi connectivity index (χ2v) is 6.20. The van der Waals surface area contributed by atoms with Gasteiger partial charge in [0.25, 0.3) is 0 Å². The fourth-order valence-corrected chi connectivity index (χ4v) is 3.49. The van der Waals surface area contributed by atoms with Crippen LogP contribution in [0.1, 0.15) is 43.0 Å². The van der Waals surface area contributed by atoms with Crippen LogP contribution in [-0.4, -0.2) is 39.6 Å². The number of carbonyl (C=O) groups is 2. The van der Waals surface area contributed by atoms with Crippen molar-refractivity contribution in [2.45, 2.75) is 44.2 Å². The van der Waals surface area contributed by atoms with Gasteiger partial charge in [-0.2, -0.15) is 0 Å². The highest BCUT2D eigenvalue weighted by molar-refractivity contribution is 6.29. The van der Waals surface area contributed by atoms with Crippen LogP contribution in [-0.2, 0) is 11.2 Å². The van der Waals surface area contributed by atoms with Gasteiger partial charge in [0.2, 0.25) is 5.91 Å². The minimum Gasteiger partial charge on any atom is -0.465 e. The van der Waals surface area contributed by atoms with Gasteiger partial charge in [0, 0.05) is 24.7 Å². The molecule has 1 aliphatic carbocycles. The molecule has 1 saturated heterocycles. The van der Waals surface area contributed by atoms with Crippen LogP contribution in [0.2, 0.25) is 5.15 Å². The minimum absolute atomic E-state index is 0.00664. The van der Waals surface area contributed by atoms with Crippen LogP contribution in [0.25, 0.3) is 0 Å². The maximum absolute atomic E-state index is 11.7. The second-order valence-electron chi connectivity index (χ2n) is 5.82. The van der Waals surface area contributed by atoms with E-state index >= 15 is 0 Å². The van der Waals surface area contributed by atoms with Crippen LogP contribution in [0.15, 0.2) is 12.1 Å². The van der Waals surface area contributed by atoms with Crippen molar-refractivity contribution in [3.63, 3.8) is 0 Å². The maximum Gasteiger partial charge on any atom is 0.407 e. The predicted molar refractivity (Wildman–Crippen MR) is 80.8 cm³/mol. The number of fused-ring (bicyclic) bond motifs is 1. The number of hydrogen-bond donors (Lipinski definition) is 2. The van der Waals surface area contributed by atoms with Gasteiger partial charge in [-0.05, 0) is 37.3 Å². The number of carbonyl (C=O) groups excluding carboxylic acids is 1. The average molecular weight is 324 g/mol. The monoisotopic (exact) mass is 323 g/mol. The number of halogens is 1. The molecule has 0 aromatic carbocycles. The summed E-state index contributed by atoms with van der Waals surface area (Å²) >= 11 is 5.93.